The molecule has 1 aromatic carbocycles. The van der Waals surface area contributed by atoms with Crippen molar-refractivity contribution in [2.45, 2.75) is 33.0 Å². The van der Waals surface area contributed by atoms with E-state index in [1.807, 2.05) is 10.7 Å². The van der Waals surface area contributed by atoms with Gasteiger partial charge in [0.1, 0.15) is 5.82 Å². The highest BCUT2D eigenvalue weighted by atomic mass is 79.9. The first kappa shape index (κ1) is 14.2. The number of hydrogen-bond donors (Lipinski definition) is 1. The smallest absolute Gasteiger partial charge is 0.124 e. The predicted molar refractivity (Wildman–Crippen MR) is 77.4 cm³/mol. The molecule has 1 heterocycles. The van der Waals surface area contributed by atoms with Gasteiger partial charge in [-0.1, -0.05) is 35.8 Å². The average Bonchev–Trinajstić information content (AvgIpc) is 2.77. The maximum absolute atomic E-state index is 13.1. The Labute approximate surface area is 121 Å². The van der Waals surface area contributed by atoms with Crippen LogP contribution >= 0.6 is 15.9 Å². The van der Waals surface area contributed by atoms with Crippen molar-refractivity contribution in [1.29, 1.82) is 0 Å². The molecule has 0 atom stereocenters. The van der Waals surface area contributed by atoms with E-state index >= 15 is 0 Å². The Balaban J connectivity index is 2.12. The lowest BCUT2D eigenvalue weighted by Crippen LogP contribution is -2.23. The lowest BCUT2D eigenvalue weighted by atomic mass is 10.2. The molecule has 0 unspecified atom stereocenters. The van der Waals surface area contributed by atoms with Gasteiger partial charge in [0.05, 0.1) is 12.2 Å². The summed E-state index contributed by atoms with van der Waals surface area (Å²) in [6, 6.07) is 7.15. The topological polar surface area (TPSA) is 29.9 Å². The van der Waals surface area contributed by atoms with Crippen molar-refractivity contribution in [1.82, 2.24) is 15.1 Å². The van der Waals surface area contributed by atoms with Crippen LogP contribution in [-0.2, 0) is 13.1 Å². The van der Waals surface area contributed by atoms with Crippen molar-refractivity contribution in [3.8, 4) is 0 Å². The molecule has 2 rings (SSSR count). The molecule has 0 saturated heterocycles. The third-order valence-corrected chi connectivity index (χ3v) is 3.57. The molecule has 0 aliphatic carbocycles. The van der Waals surface area contributed by atoms with Gasteiger partial charge in [0.2, 0.25) is 0 Å². The summed E-state index contributed by atoms with van der Waals surface area (Å²) >= 11 is 3.38. The van der Waals surface area contributed by atoms with Gasteiger partial charge >= 0.3 is 0 Å². The maximum atomic E-state index is 13.1. The molecule has 0 bridgehead atoms. The zero-order valence-electron chi connectivity index (χ0n) is 11.0. The molecule has 0 saturated carbocycles. The summed E-state index contributed by atoms with van der Waals surface area (Å²) in [6.45, 7) is 5.62. The normalized spacial score (nSPS) is 11.2. The fourth-order valence-corrected chi connectivity index (χ4v) is 2.25. The van der Waals surface area contributed by atoms with Gasteiger partial charge in [-0.25, -0.2) is 4.39 Å². The van der Waals surface area contributed by atoms with Crippen molar-refractivity contribution in [3.63, 3.8) is 0 Å². The van der Waals surface area contributed by atoms with Crippen LogP contribution in [0.3, 0.4) is 0 Å². The highest BCUT2D eigenvalue weighted by Crippen LogP contribution is 2.19. The largest absolute Gasteiger partial charge is 0.309 e. The average molecular weight is 326 g/mol. The molecule has 0 aliphatic heterocycles. The lowest BCUT2D eigenvalue weighted by Gasteiger charge is -2.11. The van der Waals surface area contributed by atoms with E-state index in [1.54, 1.807) is 12.3 Å². The van der Waals surface area contributed by atoms with Crippen LogP contribution in [0.15, 0.2) is 34.9 Å². The first-order chi connectivity index (χ1) is 9.06. The summed E-state index contributed by atoms with van der Waals surface area (Å²) in [5.41, 5.74) is 2.13. The SMILES string of the molecule is CC(C)NCc1ccnn1Cc1ccc(F)cc1Br. The lowest BCUT2D eigenvalue weighted by molar-refractivity contribution is 0.546. The van der Waals surface area contributed by atoms with Crippen molar-refractivity contribution in [3.05, 3.63) is 52.0 Å². The number of halogens is 2. The van der Waals surface area contributed by atoms with Gasteiger partial charge in [-0.3, -0.25) is 4.68 Å². The minimum Gasteiger partial charge on any atom is -0.309 e. The van der Waals surface area contributed by atoms with Crippen molar-refractivity contribution >= 4 is 15.9 Å². The molecular weight excluding hydrogens is 309 g/mol. The Kier molecular flexibility index (Phi) is 4.71. The van der Waals surface area contributed by atoms with E-state index in [-0.39, 0.29) is 5.82 Å². The molecule has 0 aliphatic rings. The summed E-state index contributed by atoms with van der Waals surface area (Å²) in [4.78, 5) is 0. The molecule has 102 valence electrons. The minimum atomic E-state index is -0.238. The molecule has 19 heavy (non-hydrogen) atoms. The van der Waals surface area contributed by atoms with Gasteiger partial charge in [0, 0.05) is 23.3 Å². The number of nitrogens with zero attached hydrogens (tertiary/aromatic N) is 2. The molecule has 3 nitrogen and oxygen atoms in total. The molecule has 1 aromatic heterocycles. The number of hydrogen-bond acceptors (Lipinski definition) is 2. The molecule has 2 aromatic rings. The first-order valence-electron chi connectivity index (χ1n) is 6.24. The van der Waals surface area contributed by atoms with Gasteiger partial charge in [-0.05, 0) is 23.8 Å². The molecule has 5 heteroatoms. The predicted octanol–water partition coefficient (Wildman–Crippen LogP) is 3.33. The fourth-order valence-electron chi connectivity index (χ4n) is 1.77. The molecule has 0 radical (unpaired) electrons. The summed E-state index contributed by atoms with van der Waals surface area (Å²) < 4.78 is 15.7. The van der Waals surface area contributed by atoms with Crippen LogP contribution < -0.4 is 5.32 Å². The third kappa shape index (κ3) is 3.88. The number of nitrogens with one attached hydrogen (secondary N) is 1. The molecule has 1 N–H and O–H groups in total. The zero-order chi connectivity index (χ0) is 13.8. The highest BCUT2D eigenvalue weighted by molar-refractivity contribution is 9.10. The van der Waals surface area contributed by atoms with Crippen LogP contribution in [0.1, 0.15) is 25.1 Å². The maximum Gasteiger partial charge on any atom is 0.124 e. The van der Waals surface area contributed by atoms with Gasteiger partial charge in [0.15, 0.2) is 0 Å². The van der Waals surface area contributed by atoms with Crippen molar-refractivity contribution < 1.29 is 4.39 Å². The Bertz CT molecular complexity index is 551. The van der Waals surface area contributed by atoms with E-state index in [4.69, 9.17) is 0 Å². The number of benzene rings is 1. The van der Waals surface area contributed by atoms with E-state index in [0.29, 0.717) is 12.6 Å². The minimum absolute atomic E-state index is 0.238. The molecule has 0 fully saturated rings. The van der Waals surface area contributed by atoms with Crippen LogP contribution in [0.5, 0.6) is 0 Å². The molecular formula is C14H17BrFN3. The second-order valence-corrected chi connectivity index (χ2v) is 5.61. The van der Waals surface area contributed by atoms with Crippen LogP contribution in [0.25, 0.3) is 0 Å². The summed E-state index contributed by atoms with van der Waals surface area (Å²) in [5, 5.41) is 7.68. The fraction of sp³-hybridized carbons (Fsp3) is 0.357. The van der Waals surface area contributed by atoms with Crippen molar-refractivity contribution in [2.75, 3.05) is 0 Å². The van der Waals surface area contributed by atoms with Crippen LogP contribution in [0.2, 0.25) is 0 Å². The van der Waals surface area contributed by atoms with Gasteiger partial charge in [0.25, 0.3) is 0 Å². The van der Waals surface area contributed by atoms with Crippen molar-refractivity contribution in [2.24, 2.45) is 0 Å². The monoisotopic (exact) mass is 325 g/mol. The summed E-state index contributed by atoms with van der Waals surface area (Å²) in [6.07, 6.45) is 1.79. The Morgan fingerprint density at radius 2 is 2.16 bits per heavy atom. The number of aromatic nitrogens is 2. The van der Waals surface area contributed by atoms with E-state index in [9.17, 15) is 4.39 Å². The molecule has 0 spiro atoms. The highest BCUT2D eigenvalue weighted by Gasteiger charge is 2.07. The quantitative estimate of drug-likeness (QED) is 0.913. The van der Waals surface area contributed by atoms with Gasteiger partial charge in [-0.2, -0.15) is 5.10 Å². The Morgan fingerprint density at radius 1 is 1.37 bits per heavy atom. The van der Waals surface area contributed by atoms with Crippen LogP contribution in [0, 0.1) is 5.82 Å². The van der Waals surface area contributed by atoms with Gasteiger partial charge in [-0.15, -0.1) is 0 Å². The van der Waals surface area contributed by atoms with Crippen LogP contribution in [-0.4, -0.2) is 15.8 Å². The van der Waals surface area contributed by atoms with Crippen LogP contribution in [0.4, 0.5) is 4.39 Å². The summed E-state index contributed by atoms with van der Waals surface area (Å²) in [5.74, 6) is -0.238. The van der Waals surface area contributed by atoms with E-state index < -0.39 is 0 Å². The van der Waals surface area contributed by atoms with E-state index in [2.05, 4.69) is 40.2 Å². The summed E-state index contributed by atoms with van der Waals surface area (Å²) in [7, 11) is 0. The van der Waals surface area contributed by atoms with E-state index in [0.717, 1.165) is 22.3 Å². The second-order valence-electron chi connectivity index (χ2n) is 4.75. The van der Waals surface area contributed by atoms with E-state index in [1.165, 1.54) is 12.1 Å². The Hall–Kier alpha value is -1.20. The Morgan fingerprint density at radius 3 is 2.84 bits per heavy atom. The standard InChI is InChI=1S/C14H17BrFN3/c1-10(2)17-8-13-5-6-18-19(13)9-11-3-4-12(16)7-14(11)15/h3-7,10,17H,8-9H2,1-2H3. The molecule has 0 amide bonds. The van der Waals surface area contributed by atoms with Gasteiger partial charge < -0.3 is 5.32 Å². The second kappa shape index (κ2) is 6.30. The zero-order valence-corrected chi connectivity index (χ0v) is 12.6. The third-order valence-electron chi connectivity index (χ3n) is 2.83. The first-order valence-corrected chi connectivity index (χ1v) is 7.03. The number of rotatable bonds is 5.